The summed E-state index contributed by atoms with van der Waals surface area (Å²) in [6.45, 7) is 3.17. The molecule has 0 aliphatic rings. The van der Waals surface area contributed by atoms with Crippen molar-refractivity contribution in [1.82, 2.24) is 20.2 Å². The summed E-state index contributed by atoms with van der Waals surface area (Å²) in [5.41, 5.74) is 0.702. The fraction of sp³-hybridized carbons (Fsp3) is 0.214. The first-order valence-corrected chi connectivity index (χ1v) is 8.18. The van der Waals surface area contributed by atoms with E-state index in [-0.39, 0.29) is 10.7 Å². The molecule has 3 aromatic rings. The lowest BCUT2D eigenvalue weighted by atomic mass is 10.3. The van der Waals surface area contributed by atoms with Gasteiger partial charge in [-0.15, -0.1) is 5.10 Å². The predicted molar refractivity (Wildman–Crippen MR) is 78.2 cm³/mol. The van der Waals surface area contributed by atoms with Crippen LogP contribution in [-0.2, 0) is 9.84 Å². The molecule has 2 aromatic heterocycles. The molecule has 3 rings (SSSR count). The van der Waals surface area contributed by atoms with E-state index in [2.05, 4.69) is 15.5 Å². The molecule has 0 saturated carbocycles. The molecule has 0 radical (unpaired) electrons. The second kappa shape index (κ2) is 5.38. The third kappa shape index (κ3) is 2.31. The van der Waals surface area contributed by atoms with Crippen molar-refractivity contribution in [3.05, 3.63) is 54.2 Å². The van der Waals surface area contributed by atoms with Gasteiger partial charge in [0.05, 0.1) is 12.0 Å². The highest BCUT2D eigenvalue weighted by Gasteiger charge is 2.32. The second-order valence-corrected chi connectivity index (χ2v) is 7.05. The number of nitrogens with zero attached hydrogens (tertiary/aromatic N) is 4. The minimum atomic E-state index is -3.64. The monoisotopic (exact) mass is 318 g/mol. The average molecular weight is 318 g/mol. The van der Waals surface area contributed by atoms with E-state index in [1.54, 1.807) is 13.8 Å². The molecule has 114 valence electrons. The molecule has 2 heterocycles. The smallest absolute Gasteiger partial charge is 0.191 e. The van der Waals surface area contributed by atoms with Crippen LogP contribution in [0.3, 0.4) is 0 Å². The van der Waals surface area contributed by atoms with Crippen molar-refractivity contribution in [3.8, 4) is 5.69 Å². The maximum atomic E-state index is 12.7. The summed E-state index contributed by atoms with van der Waals surface area (Å²) < 4.78 is 32.0. The van der Waals surface area contributed by atoms with Crippen LogP contribution in [0.4, 0.5) is 0 Å². The van der Waals surface area contributed by atoms with Gasteiger partial charge in [-0.3, -0.25) is 0 Å². The van der Waals surface area contributed by atoms with Crippen LogP contribution in [-0.4, -0.2) is 28.6 Å². The first-order chi connectivity index (χ1) is 10.5. The lowest BCUT2D eigenvalue weighted by Crippen LogP contribution is -2.16. The van der Waals surface area contributed by atoms with Crippen molar-refractivity contribution in [2.45, 2.75) is 24.0 Å². The molecular weight excluding hydrogens is 304 g/mol. The molecule has 7 nitrogen and oxygen atoms in total. The molecular formula is C14H14N4O3S. The SMILES string of the molecule is Cc1occc1S(=O)(=O)[C@@H](C)c1nnnn1-c1ccccc1. The van der Waals surface area contributed by atoms with Gasteiger partial charge in [0.15, 0.2) is 15.7 Å². The summed E-state index contributed by atoms with van der Waals surface area (Å²) in [6.07, 6.45) is 1.36. The summed E-state index contributed by atoms with van der Waals surface area (Å²) in [5.74, 6) is 0.609. The van der Waals surface area contributed by atoms with Crippen molar-refractivity contribution in [3.63, 3.8) is 0 Å². The van der Waals surface area contributed by atoms with Crippen LogP contribution in [0.15, 0.2) is 52.0 Å². The van der Waals surface area contributed by atoms with Crippen molar-refractivity contribution >= 4 is 9.84 Å². The summed E-state index contributed by atoms with van der Waals surface area (Å²) in [5, 5.41) is 10.5. The van der Waals surface area contributed by atoms with Gasteiger partial charge in [0.1, 0.15) is 15.9 Å². The Kier molecular flexibility index (Phi) is 3.53. The molecule has 1 atom stereocenters. The number of sulfone groups is 1. The quantitative estimate of drug-likeness (QED) is 0.731. The Hall–Kier alpha value is -2.48. The van der Waals surface area contributed by atoms with Gasteiger partial charge in [-0.05, 0) is 42.5 Å². The minimum Gasteiger partial charge on any atom is -0.468 e. The van der Waals surface area contributed by atoms with Gasteiger partial charge in [0.2, 0.25) is 0 Å². The van der Waals surface area contributed by atoms with Crippen LogP contribution in [0, 0.1) is 6.92 Å². The van der Waals surface area contributed by atoms with Crippen molar-refractivity contribution < 1.29 is 12.8 Å². The number of rotatable bonds is 4. The highest BCUT2D eigenvalue weighted by Crippen LogP contribution is 2.30. The van der Waals surface area contributed by atoms with Gasteiger partial charge in [-0.2, -0.15) is 4.68 Å². The lowest BCUT2D eigenvalue weighted by molar-refractivity contribution is 0.521. The zero-order chi connectivity index (χ0) is 15.7. The Balaban J connectivity index is 2.06. The first kappa shape index (κ1) is 14.5. The van der Waals surface area contributed by atoms with Crippen LogP contribution >= 0.6 is 0 Å². The second-order valence-electron chi connectivity index (χ2n) is 4.81. The number of para-hydroxylation sites is 1. The molecule has 0 amide bonds. The van der Waals surface area contributed by atoms with E-state index in [1.165, 1.54) is 17.0 Å². The molecule has 0 spiro atoms. The number of hydrogen-bond donors (Lipinski definition) is 0. The highest BCUT2D eigenvalue weighted by molar-refractivity contribution is 7.91. The number of hydrogen-bond acceptors (Lipinski definition) is 6. The van der Waals surface area contributed by atoms with Crippen LogP contribution in [0.25, 0.3) is 5.69 Å². The van der Waals surface area contributed by atoms with Gasteiger partial charge < -0.3 is 4.42 Å². The first-order valence-electron chi connectivity index (χ1n) is 6.63. The van der Waals surface area contributed by atoms with Gasteiger partial charge in [-0.25, -0.2) is 8.42 Å². The lowest BCUT2D eigenvalue weighted by Gasteiger charge is -2.12. The van der Waals surface area contributed by atoms with E-state index in [4.69, 9.17) is 4.42 Å². The fourth-order valence-corrected chi connectivity index (χ4v) is 3.70. The molecule has 8 heteroatoms. The van der Waals surface area contributed by atoms with E-state index in [9.17, 15) is 8.42 Å². The molecule has 0 saturated heterocycles. The van der Waals surface area contributed by atoms with Crippen LogP contribution < -0.4 is 0 Å². The molecule has 1 aromatic carbocycles. The number of furan rings is 1. The van der Waals surface area contributed by atoms with Gasteiger partial charge >= 0.3 is 0 Å². The Bertz CT molecular complexity index is 884. The Morgan fingerprint density at radius 1 is 1.18 bits per heavy atom. The fourth-order valence-electron chi connectivity index (χ4n) is 2.20. The predicted octanol–water partition coefficient (Wildman–Crippen LogP) is 2.10. The molecule has 0 unspecified atom stereocenters. The van der Waals surface area contributed by atoms with E-state index < -0.39 is 15.1 Å². The molecule has 0 aliphatic heterocycles. The standard InChI is InChI=1S/C14H14N4O3S/c1-10-13(8-9-21-10)22(19,20)11(2)14-15-16-17-18(14)12-6-4-3-5-7-12/h3-9,11H,1-2H3/t11-/m0/s1. The Labute approximate surface area is 127 Å². The number of aryl methyl sites for hydroxylation is 1. The van der Waals surface area contributed by atoms with Gasteiger partial charge in [0.25, 0.3) is 0 Å². The Morgan fingerprint density at radius 2 is 1.91 bits per heavy atom. The van der Waals surface area contributed by atoms with E-state index >= 15 is 0 Å². The molecule has 22 heavy (non-hydrogen) atoms. The molecule has 0 fully saturated rings. The Morgan fingerprint density at radius 3 is 2.55 bits per heavy atom. The third-order valence-electron chi connectivity index (χ3n) is 3.44. The molecule has 0 bridgehead atoms. The minimum absolute atomic E-state index is 0.155. The maximum absolute atomic E-state index is 12.7. The number of benzene rings is 1. The van der Waals surface area contributed by atoms with Gasteiger partial charge in [0, 0.05) is 0 Å². The summed E-state index contributed by atoms with van der Waals surface area (Å²) >= 11 is 0. The number of aromatic nitrogens is 4. The normalized spacial score (nSPS) is 13.2. The van der Waals surface area contributed by atoms with E-state index in [0.29, 0.717) is 11.4 Å². The van der Waals surface area contributed by atoms with Crippen molar-refractivity contribution in [2.24, 2.45) is 0 Å². The van der Waals surface area contributed by atoms with Crippen LogP contribution in [0.5, 0.6) is 0 Å². The largest absolute Gasteiger partial charge is 0.468 e. The van der Waals surface area contributed by atoms with E-state index in [1.807, 2.05) is 30.3 Å². The zero-order valence-corrected chi connectivity index (χ0v) is 12.9. The van der Waals surface area contributed by atoms with E-state index in [0.717, 1.165) is 0 Å². The third-order valence-corrected chi connectivity index (χ3v) is 5.62. The summed E-state index contributed by atoms with van der Waals surface area (Å²) in [4.78, 5) is 0.155. The van der Waals surface area contributed by atoms with Crippen molar-refractivity contribution in [2.75, 3.05) is 0 Å². The summed E-state index contributed by atoms with van der Waals surface area (Å²) in [6, 6.07) is 10.6. The van der Waals surface area contributed by atoms with Crippen LogP contribution in [0.2, 0.25) is 0 Å². The average Bonchev–Trinajstić information content (AvgIpc) is 3.16. The zero-order valence-electron chi connectivity index (χ0n) is 12.0. The summed E-state index contributed by atoms with van der Waals surface area (Å²) in [7, 11) is -3.64. The molecule has 0 aliphatic carbocycles. The number of tetrazole rings is 1. The van der Waals surface area contributed by atoms with Crippen LogP contribution in [0.1, 0.15) is 23.8 Å². The highest BCUT2D eigenvalue weighted by atomic mass is 32.2. The van der Waals surface area contributed by atoms with Crippen molar-refractivity contribution in [1.29, 1.82) is 0 Å². The van der Waals surface area contributed by atoms with Gasteiger partial charge in [-0.1, -0.05) is 18.2 Å². The topological polar surface area (TPSA) is 90.9 Å². The maximum Gasteiger partial charge on any atom is 0.191 e. The molecule has 0 N–H and O–H groups in total.